The van der Waals surface area contributed by atoms with Crippen molar-refractivity contribution in [2.45, 2.75) is 70.3 Å². The maximum atomic E-state index is 13.4. The normalized spacial score (nSPS) is 15.2. The molecule has 0 aliphatic carbocycles. The Morgan fingerprint density at radius 2 is 1.57 bits per heavy atom. The summed E-state index contributed by atoms with van der Waals surface area (Å²) in [6.07, 6.45) is 3.72. The Bertz CT molecular complexity index is 1300. The van der Waals surface area contributed by atoms with Crippen molar-refractivity contribution in [1.82, 2.24) is 30.9 Å². The van der Waals surface area contributed by atoms with Gasteiger partial charge in [-0.2, -0.15) is 0 Å². The van der Waals surface area contributed by atoms with Crippen molar-refractivity contribution in [2.75, 3.05) is 0 Å². The van der Waals surface area contributed by atoms with E-state index in [4.69, 9.17) is 5.73 Å². The SMILES string of the molecule is CC(C)CC(NC(=O)C(Cc1cnc[nH]1)NC(=O)C(N)C(C)O)C(=O)NC(Cc1c[nH]c2ccccc12)C(=O)O. The number of nitrogens with two attached hydrogens (primary N) is 1. The highest BCUT2D eigenvalue weighted by atomic mass is 16.4. The van der Waals surface area contributed by atoms with Gasteiger partial charge in [-0.15, -0.1) is 0 Å². The number of H-pyrrole nitrogens is 2. The number of carbonyl (C=O) groups excluding carboxylic acids is 3. The standard InChI is InChI=1S/C27H37N7O6/c1-14(2)8-20(24(36)34-22(27(39)40)9-16-11-30-19-7-5-4-6-18(16)19)32-25(37)21(10-17-12-29-13-31-17)33-26(38)23(28)15(3)35/h4-7,11-15,20-23,30,35H,8-10,28H2,1-3H3,(H,29,31)(H,32,37)(H,33,38)(H,34,36)(H,39,40). The molecular formula is C27H37N7O6. The van der Waals surface area contributed by atoms with Crippen LogP contribution in [0.15, 0.2) is 43.0 Å². The molecule has 1 aromatic carbocycles. The first kappa shape index (κ1) is 30.3. The number of aliphatic hydroxyl groups excluding tert-OH is 1. The summed E-state index contributed by atoms with van der Waals surface area (Å²) in [5, 5.41) is 28.2. The van der Waals surface area contributed by atoms with E-state index in [-0.39, 0.29) is 25.2 Å². The van der Waals surface area contributed by atoms with E-state index in [2.05, 4.69) is 30.9 Å². The van der Waals surface area contributed by atoms with Crippen molar-refractivity contribution < 1.29 is 29.4 Å². The van der Waals surface area contributed by atoms with Gasteiger partial charge in [-0.05, 0) is 30.9 Å². The highest BCUT2D eigenvalue weighted by Gasteiger charge is 2.32. The second-order valence-electron chi connectivity index (χ2n) is 10.3. The zero-order valence-electron chi connectivity index (χ0n) is 22.7. The van der Waals surface area contributed by atoms with Crippen molar-refractivity contribution >= 4 is 34.6 Å². The fourth-order valence-electron chi connectivity index (χ4n) is 4.28. The van der Waals surface area contributed by atoms with Gasteiger partial charge in [-0.1, -0.05) is 32.0 Å². The molecule has 3 rings (SSSR count). The predicted molar refractivity (Wildman–Crippen MR) is 147 cm³/mol. The van der Waals surface area contributed by atoms with Gasteiger partial charge in [0.2, 0.25) is 17.7 Å². The Labute approximate surface area is 231 Å². The minimum Gasteiger partial charge on any atom is -0.480 e. The molecule has 216 valence electrons. The predicted octanol–water partition coefficient (Wildman–Crippen LogP) is -0.0306. The number of imidazole rings is 1. The third-order valence-corrected chi connectivity index (χ3v) is 6.49. The van der Waals surface area contributed by atoms with Gasteiger partial charge in [0.25, 0.3) is 0 Å². The molecule has 40 heavy (non-hydrogen) atoms. The number of aliphatic hydroxyl groups is 1. The highest BCUT2D eigenvalue weighted by Crippen LogP contribution is 2.19. The van der Waals surface area contributed by atoms with Gasteiger partial charge in [0.15, 0.2) is 0 Å². The van der Waals surface area contributed by atoms with E-state index in [1.54, 1.807) is 6.20 Å². The molecule has 0 saturated heterocycles. The van der Waals surface area contributed by atoms with Crippen LogP contribution in [0.4, 0.5) is 0 Å². The highest BCUT2D eigenvalue weighted by molar-refractivity contribution is 5.94. The first-order chi connectivity index (χ1) is 19.0. The van der Waals surface area contributed by atoms with Gasteiger partial charge in [0, 0.05) is 41.8 Å². The second kappa shape index (κ2) is 13.7. The molecule has 0 bridgehead atoms. The Balaban J connectivity index is 1.77. The maximum absolute atomic E-state index is 13.4. The lowest BCUT2D eigenvalue weighted by Crippen LogP contribution is -2.59. The number of amides is 3. The van der Waals surface area contributed by atoms with Crippen LogP contribution in [0.1, 0.15) is 38.4 Å². The molecule has 2 heterocycles. The molecule has 9 N–H and O–H groups in total. The number of rotatable bonds is 14. The number of benzene rings is 1. The van der Waals surface area contributed by atoms with Gasteiger partial charge >= 0.3 is 5.97 Å². The number of carbonyl (C=O) groups is 4. The number of aliphatic carboxylic acids is 1. The minimum atomic E-state index is -1.27. The average molecular weight is 556 g/mol. The molecule has 0 radical (unpaired) electrons. The Morgan fingerprint density at radius 1 is 0.925 bits per heavy atom. The Morgan fingerprint density at radius 3 is 2.20 bits per heavy atom. The van der Waals surface area contributed by atoms with Crippen LogP contribution in [-0.4, -0.2) is 79.1 Å². The maximum Gasteiger partial charge on any atom is 0.326 e. The first-order valence-electron chi connectivity index (χ1n) is 13.1. The monoisotopic (exact) mass is 555 g/mol. The zero-order valence-corrected chi connectivity index (χ0v) is 22.7. The third kappa shape index (κ3) is 8.13. The van der Waals surface area contributed by atoms with E-state index in [0.717, 1.165) is 16.5 Å². The molecule has 13 nitrogen and oxygen atoms in total. The van der Waals surface area contributed by atoms with Gasteiger partial charge < -0.3 is 41.9 Å². The van der Waals surface area contributed by atoms with Crippen LogP contribution in [0.5, 0.6) is 0 Å². The smallest absolute Gasteiger partial charge is 0.326 e. The van der Waals surface area contributed by atoms with Crippen LogP contribution in [-0.2, 0) is 32.0 Å². The van der Waals surface area contributed by atoms with E-state index in [1.807, 2.05) is 38.1 Å². The van der Waals surface area contributed by atoms with E-state index in [9.17, 15) is 29.4 Å². The lowest BCUT2D eigenvalue weighted by Gasteiger charge is -2.26. The van der Waals surface area contributed by atoms with Crippen molar-refractivity contribution in [1.29, 1.82) is 0 Å². The van der Waals surface area contributed by atoms with Crippen LogP contribution in [0.2, 0.25) is 0 Å². The lowest BCUT2D eigenvalue weighted by atomic mass is 10.0. The number of para-hydroxylation sites is 1. The molecule has 0 aliphatic heterocycles. The summed E-state index contributed by atoms with van der Waals surface area (Å²) in [4.78, 5) is 61.2. The molecule has 0 aliphatic rings. The van der Waals surface area contributed by atoms with Crippen molar-refractivity contribution in [3.8, 4) is 0 Å². The molecule has 5 atom stereocenters. The van der Waals surface area contributed by atoms with Crippen LogP contribution >= 0.6 is 0 Å². The minimum absolute atomic E-state index is 0.0123. The first-order valence-corrected chi connectivity index (χ1v) is 13.1. The summed E-state index contributed by atoms with van der Waals surface area (Å²) in [5.41, 5.74) is 7.85. The number of hydrogen-bond acceptors (Lipinski definition) is 7. The molecule has 5 unspecified atom stereocenters. The molecule has 0 spiro atoms. The number of aromatic amines is 2. The van der Waals surface area contributed by atoms with E-state index in [1.165, 1.54) is 19.4 Å². The van der Waals surface area contributed by atoms with Crippen molar-refractivity contribution in [2.24, 2.45) is 11.7 Å². The lowest BCUT2D eigenvalue weighted by molar-refractivity contribution is -0.142. The summed E-state index contributed by atoms with van der Waals surface area (Å²) >= 11 is 0. The third-order valence-electron chi connectivity index (χ3n) is 6.49. The second-order valence-corrected chi connectivity index (χ2v) is 10.3. The van der Waals surface area contributed by atoms with Crippen LogP contribution < -0.4 is 21.7 Å². The Kier molecular flexibility index (Phi) is 10.4. The molecule has 0 fully saturated rings. The molecular weight excluding hydrogens is 518 g/mol. The molecule has 0 saturated carbocycles. The number of hydrogen-bond donors (Lipinski definition) is 8. The quantitative estimate of drug-likeness (QED) is 0.135. The number of nitrogens with zero attached hydrogens (tertiary/aromatic N) is 1. The summed E-state index contributed by atoms with van der Waals surface area (Å²) < 4.78 is 0. The number of fused-ring (bicyclic) bond motifs is 1. The fraction of sp³-hybridized carbons (Fsp3) is 0.444. The van der Waals surface area contributed by atoms with Gasteiger partial charge in [0.05, 0.1) is 12.4 Å². The van der Waals surface area contributed by atoms with Gasteiger partial charge in [0.1, 0.15) is 24.2 Å². The molecule has 3 aromatic rings. The topological polar surface area (TPSA) is 215 Å². The van der Waals surface area contributed by atoms with Crippen LogP contribution in [0, 0.1) is 5.92 Å². The fourth-order valence-corrected chi connectivity index (χ4v) is 4.28. The number of nitrogens with one attached hydrogen (secondary N) is 5. The summed E-state index contributed by atoms with van der Waals surface area (Å²) in [6, 6.07) is 2.68. The summed E-state index contributed by atoms with van der Waals surface area (Å²) in [6.45, 7) is 5.07. The zero-order chi connectivity index (χ0) is 29.4. The summed E-state index contributed by atoms with van der Waals surface area (Å²) in [5.74, 6) is -3.34. The molecule has 2 aromatic heterocycles. The van der Waals surface area contributed by atoms with E-state index in [0.29, 0.717) is 5.69 Å². The van der Waals surface area contributed by atoms with Crippen molar-refractivity contribution in [3.63, 3.8) is 0 Å². The van der Waals surface area contributed by atoms with Crippen LogP contribution in [0.25, 0.3) is 10.9 Å². The number of aromatic nitrogens is 3. The van der Waals surface area contributed by atoms with Gasteiger partial charge in [-0.3, -0.25) is 14.4 Å². The summed E-state index contributed by atoms with van der Waals surface area (Å²) in [7, 11) is 0. The van der Waals surface area contributed by atoms with E-state index < -0.39 is 54.0 Å². The molecule has 3 amide bonds. The van der Waals surface area contributed by atoms with Gasteiger partial charge in [-0.25, -0.2) is 9.78 Å². The number of carboxylic acid groups (broad SMARTS) is 1. The van der Waals surface area contributed by atoms with Crippen molar-refractivity contribution in [3.05, 3.63) is 54.2 Å². The van der Waals surface area contributed by atoms with E-state index >= 15 is 0 Å². The largest absolute Gasteiger partial charge is 0.480 e. The molecule has 13 heteroatoms. The average Bonchev–Trinajstić information content (AvgIpc) is 3.56. The number of carboxylic acids is 1. The Hall–Kier alpha value is -4.23. The van der Waals surface area contributed by atoms with Crippen LogP contribution in [0.3, 0.4) is 0 Å².